The molecule has 1 heterocycles. The van der Waals surface area contributed by atoms with Crippen LogP contribution in [0.2, 0.25) is 0 Å². The Morgan fingerprint density at radius 3 is 1.44 bits per heavy atom. The SMILES string of the molecule is Fc1ccc(-n2c3ccccc3c3cc(N(c4ccc(-c5ccc([Si](c6ccccc6)(c6ccccc6)c6ccccc6)cc5)cc4)c4ccc5ccccc5c4)ccc32)cc1. The molecule has 4 heteroatoms. The Bertz CT molecular complexity index is 3230. The van der Waals surface area contributed by atoms with Gasteiger partial charge in [-0.05, 0) is 115 Å². The summed E-state index contributed by atoms with van der Waals surface area (Å²) in [5.74, 6) is -0.247. The van der Waals surface area contributed by atoms with Gasteiger partial charge < -0.3 is 9.47 Å². The minimum absolute atomic E-state index is 0.247. The Balaban J connectivity index is 1.02. The fourth-order valence-electron chi connectivity index (χ4n) is 9.51. The lowest BCUT2D eigenvalue weighted by Gasteiger charge is -2.34. The zero-order chi connectivity index (χ0) is 41.5. The standard InChI is InChI=1S/C58H41FN2Si/c59-46-29-34-48(35-30-46)61-57-23-13-12-22-55(57)56-41-50(36-39-58(56)61)60(49-33-26-42-14-10-11-15-45(42)40-49)47-31-24-43(25-32-47)44-27-37-54(38-28-44)62(51-16-4-1-5-17-51,52-18-6-2-7-19-52)53-20-8-3-9-21-53/h1-41H. The number of nitrogens with zero attached hydrogens (tertiary/aromatic N) is 2. The second kappa shape index (κ2) is 15.7. The third-order valence-electron chi connectivity index (χ3n) is 12.4. The van der Waals surface area contributed by atoms with E-state index in [0.29, 0.717) is 0 Å². The van der Waals surface area contributed by atoms with E-state index in [1.165, 1.54) is 49.2 Å². The molecule has 2 nitrogen and oxygen atoms in total. The van der Waals surface area contributed by atoms with Gasteiger partial charge in [0.25, 0.3) is 0 Å². The van der Waals surface area contributed by atoms with Gasteiger partial charge >= 0.3 is 0 Å². The third-order valence-corrected chi connectivity index (χ3v) is 17.2. The van der Waals surface area contributed by atoms with Crippen LogP contribution in [-0.4, -0.2) is 12.6 Å². The molecule has 10 aromatic carbocycles. The predicted octanol–water partition coefficient (Wildman–Crippen LogP) is 12.6. The number of para-hydroxylation sites is 1. The average molecular weight is 813 g/mol. The molecule has 0 spiro atoms. The Labute approximate surface area is 362 Å². The minimum Gasteiger partial charge on any atom is -0.310 e. The average Bonchev–Trinajstić information content (AvgIpc) is 3.67. The summed E-state index contributed by atoms with van der Waals surface area (Å²) < 4.78 is 16.3. The van der Waals surface area contributed by atoms with Gasteiger partial charge in [-0.3, -0.25) is 0 Å². The molecular weight excluding hydrogens is 772 g/mol. The molecule has 0 aliphatic carbocycles. The smallest absolute Gasteiger partial charge is 0.179 e. The first-order chi connectivity index (χ1) is 30.6. The Kier molecular flexibility index (Phi) is 9.41. The van der Waals surface area contributed by atoms with Gasteiger partial charge in [0.15, 0.2) is 8.07 Å². The molecule has 0 bridgehead atoms. The lowest BCUT2D eigenvalue weighted by Crippen LogP contribution is -2.74. The Morgan fingerprint density at radius 1 is 0.339 bits per heavy atom. The van der Waals surface area contributed by atoms with Crippen molar-refractivity contribution in [2.24, 2.45) is 0 Å². The molecule has 0 fully saturated rings. The van der Waals surface area contributed by atoms with E-state index >= 15 is 0 Å². The van der Waals surface area contributed by atoms with E-state index in [0.717, 1.165) is 50.1 Å². The molecule has 0 radical (unpaired) electrons. The van der Waals surface area contributed by atoms with Crippen LogP contribution in [0.25, 0.3) is 49.4 Å². The van der Waals surface area contributed by atoms with Gasteiger partial charge in [-0.15, -0.1) is 0 Å². The van der Waals surface area contributed by atoms with E-state index < -0.39 is 8.07 Å². The van der Waals surface area contributed by atoms with E-state index in [1.54, 1.807) is 0 Å². The van der Waals surface area contributed by atoms with Gasteiger partial charge in [0.05, 0.1) is 11.0 Å². The summed E-state index contributed by atoms with van der Waals surface area (Å²) in [7, 11) is -2.62. The number of halogens is 1. The van der Waals surface area contributed by atoms with Gasteiger partial charge in [0, 0.05) is 33.5 Å². The summed E-state index contributed by atoms with van der Waals surface area (Å²) in [4.78, 5) is 2.35. The predicted molar refractivity (Wildman–Crippen MR) is 262 cm³/mol. The first-order valence-corrected chi connectivity index (χ1v) is 23.1. The van der Waals surface area contributed by atoms with Gasteiger partial charge in [0.2, 0.25) is 0 Å². The molecule has 11 rings (SSSR count). The van der Waals surface area contributed by atoms with Crippen molar-refractivity contribution >= 4 is 78.5 Å². The second-order valence-electron chi connectivity index (χ2n) is 15.9. The highest BCUT2D eigenvalue weighted by Crippen LogP contribution is 2.41. The third kappa shape index (κ3) is 6.40. The summed E-state index contributed by atoms with van der Waals surface area (Å²) in [6, 6.07) is 88.6. The molecule has 0 N–H and O–H groups in total. The molecule has 0 saturated heterocycles. The van der Waals surface area contributed by atoms with Crippen molar-refractivity contribution in [1.82, 2.24) is 4.57 Å². The molecule has 11 aromatic rings. The summed E-state index contributed by atoms with van der Waals surface area (Å²) in [6.07, 6.45) is 0. The van der Waals surface area contributed by atoms with Crippen molar-refractivity contribution in [1.29, 1.82) is 0 Å². The van der Waals surface area contributed by atoms with Crippen molar-refractivity contribution < 1.29 is 4.39 Å². The maximum atomic E-state index is 14.1. The van der Waals surface area contributed by atoms with E-state index in [-0.39, 0.29) is 5.82 Å². The molecule has 62 heavy (non-hydrogen) atoms. The number of rotatable bonds is 9. The van der Waals surface area contributed by atoms with Gasteiger partial charge in [0.1, 0.15) is 5.82 Å². The zero-order valence-electron chi connectivity index (χ0n) is 33.9. The number of fused-ring (bicyclic) bond motifs is 4. The van der Waals surface area contributed by atoms with Crippen LogP contribution in [-0.2, 0) is 0 Å². The summed E-state index contributed by atoms with van der Waals surface area (Å²) in [5.41, 5.74) is 8.59. The van der Waals surface area contributed by atoms with Crippen molar-refractivity contribution in [3.63, 3.8) is 0 Å². The first kappa shape index (κ1) is 37.2. The number of benzene rings is 10. The van der Waals surface area contributed by atoms with Crippen LogP contribution in [0, 0.1) is 5.82 Å². The Morgan fingerprint density at radius 2 is 0.806 bits per heavy atom. The van der Waals surface area contributed by atoms with Gasteiger partial charge in [-0.1, -0.05) is 176 Å². The molecular formula is C58H41FN2Si. The molecule has 1 aromatic heterocycles. The highest BCUT2D eigenvalue weighted by atomic mass is 28.3. The van der Waals surface area contributed by atoms with Crippen LogP contribution in [0.1, 0.15) is 0 Å². The van der Waals surface area contributed by atoms with Crippen molar-refractivity contribution in [3.05, 3.63) is 255 Å². The normalized spacial score (nSPS) is 11.6. The number of hydrogen-bond acceptors (Lipinski definition) is 1. The van der Waals surface area contributed by atoms with Crippen LogP contribution in [0.5, 0.6) is 0 Å². The summed E-state index contributed by atoms with van der Waals surface area (Å²) in [5, 5.41) is 10.1. The van der Waals surface area contributed by atoms with Crippen molar-refractivity contribution in [3.8, 4) is 16.8 Å². The van der Waals surface area contributed by atoms with Crippen LogP contribution >= 0.6 is 0 Å². The van der Waals surface area contributed by atoms with Crippen LogP contribution in [0.3, 0.4) is 0 Å². The Hall–Kier alpha value is -7.79. The van der Waals surface area contributed by atoms with Crippen molar-refractivity contribution in [2.45, 2.75) is 0 Å². The van der Waals surface area contributed by atoms with Crippen molar-refractivity contribution in [2.75, 3.05) is 4.90 Å². The molecule has 0 aliphatic heterocycles. The van der Waals surface area contributed by atoms with Gasteiger partial charge in [-0.2, -0.15) is 0 Å². The fraction of sp³-hybridized carbons (Fsp3) is 0. The molecule has 0 aliphatic rings. The largest absolute Gasteiger partial charge is 0.310 e. The second-order valence-corrected chi connectivity index (χ2v) is 19.7. The maximum absolute atomic E-state index is 14.1. The minimum atomic E-state index is -2.62. The highest BCUT2D eigenvalue weighted by molar-refractivity contribution is 7.19. The monoisotopic (exact) mass is 812 g/mol. The number of aromatic nitrogens is 1. The number of anilines is 3. The molecule has 294 valence electrons. The van der Waals surface area contributed by atoms with E-state index in [2.05, 4.69) is 234 Å². The highest BCUT2D eigenvalue weighted by Gasteiger charge is 2.41. The van der Waals surface area contributed by atoms with E-state index in [4.69, 9.17) is 0 Å². The molecule has 0 saturated carbocycles. The first-order valence-electron chi connectivity index (χ1n) is 21.1. The summed E-state index contributed by atoms with van der Waals surface area (Å²) >= 11 is 0. The molecule has 0 amide bonds. The molecule has 0 atom stereocenters. The zero-order valence-corrected chi connectivity index (χ0v) is 34.9. The van der Waals surface area contributed by atoms with Gasteiger partial charge in [-0.25, -0.2) is 4.39 Å². The lowest BCUT2D eigenvalue weighted by molar-refractivity contribution is 0.627. The molecule has 0 unspecified atom stereocenters. The van der Waals surface area contributed by atoms with Crippen LogP contribution in [0.15, 0.2) is 249 Å². The maximum Gasteiger partial charge on any atom is 0.179 e. The van der Waals surface area contributed by atoms with Crippen LogP contribution < -0.4 is 25.6 Å². The van der Waals surface area contributed by atoms with E-state index in [9.17, 15) is 4.39 Å². The number of hydrogen-bond donors (Lipinski definition) is 0. The topological polar surface area (TPSA) is 8.17 Å². The summed E-state index contributed by atoms with van der Waals surface area (Å²) in [6.45, 7) is 0. The van der Waals surface area contributed by atoms with Crippen LogP contribution in [0.4, 0.5) is 21.5 Å². The van der Waals surface area contributed by atoms with E-state index in [1.807, 2.05) is 12.1 Å². The quantitative estimate of drug-likeness (QED) is 0.104. The lowest BCUT2D eigenvalue weighted by atomic mass is 10.0. The fourth-order valence-corrected chi connectivity index (χ4v) is 14.3.